The second-order valence-corrected chi connectivity index (χ2v) is 5.26. The number of thiocarbonyl (C=S) groups is 1. The summed E-state index contributed by atoms with van der Waals surface area (Å²) in [4.78, 5) is 33.7. The van der Waals surface area contributed by atoms with Gasteiger partial charge in [-0.15, -0.1) is 0 Å². The number of rotatable bonds is 9. The van der Waals surface area contributed by atoms with E-state index in [0.717, 1.165) is 0 Å². The zero-order valence-corrected chi connectivity index (χ0v) is 15.1. The van der Waals surface area contributed by atoms with Gasteiger partial charge in [0, 0.05) is 13.5 Å². The van der Waals surface area contributed by atoms with Crippen LogP contribution >= 0.6 is 12.2 Å². The van der Waals surface area contributed by atoms with Crippen molar-refractivity contribution >= 4 is 40.6 Å². The Labute approximate surface area is 154 Å². The number of ether oxygens (including phenoxy) is 3. The van der Waals surface area contributed by atoms with Gasteiger partial charge in [-0.2, -0.15) is 0 Å². The van der Waals surface area contributed by atoms with Crippen LogP contribution in [-0.2, 0) is 19.1 Å². The minimum Gasteiger partial charge on any atom is -0.496 e. The lowest BCUT2D eigenvalue weighted by atomic mass is 10.2. The van der Waals surface area contributed by atoms with Gasteiger partial charge in [0.25, 0.3) is 5.69 Å². The number of amides is 1. The van der Waals surface area contributed by atoms with Crippen molar-refractivity contribution < 1.29 is 28.7 Å². The molecule has 0 saturated carbocycles. The fraction of sp³-hybridized carbons (Fsp3) is 0.400. The molecule has 1 aromatic carbocycles. The number of methoxy groups -OCH3 is 2. The number of hydrogen-bond acceptors (Lipinski definition) is 8. The van der Waals surface area contributed by atoms with E-state index >= 15 is 0 Å². The highest BCUT2D eigenvalue weighted by molar-refractivity contribution is 7.80. The maximum atomic E-state index is 11.8. The van der Waals surface area contributed by atoms with Crippen LogP contribution in [0.1, 0.15) is 12.8 Å². The Hall–Kier alpha value is -2.79. The summed E-state index contributed by atoms with van der Waals surface area (Å²) in [6.07, 6.45) is -0.265. The van der Waals surface area contributed by atoms with E-state index in [1.165, 1.54) is 32.4 Å². The van der Waals surface area contributed by atoms with E-state index in [2.05, 4.69) is 10.6 Å². The van der Waals surface area contributed by atoms with Crippen molar-refractivity contribution in [3.8, 4) is 5.75 Å². The van der Waals surface area contributed by atoms with Crippen LogP contribution in [0.4, 0.5) is 11.4 Å². The highest BCUT2D eigenvalue weighted by Gasteiger charge is 2.17. The van der Waals surface area contributed by atoms with Gasteiger partial charge in [0.1, 0.15) is 18.0 Å². The molecular weight excluding hydrogens is 366 g/mol. The largest absolute Gasteiger partial charge is 0.496 e. The summed E-state index contributed by atoms with van der Waals surface area (Å²) in [7, 11) is 2.86. The van der Waals surface area contributed by atoms with Crippen LogP contribution in [0.5, 0.6) is 5.75 Å². The van der Waals surface area contributed by atoms with Crippen LogP contribution < -0.4 is 15.4 Å². The van der Waals surface area contributed by atoms with Crippen molar-refractivity contribution in [3.05, 3.63) is 28.3 Å². The van der Waals surface area contributed by atoms with Crippen molar-refractivity contribution in [3.63, 3.8) is 0 Å². The molecule has 0 aromatic heterocycles. The monoisotopic (exact) mass is 385 g/mol. The van der Waals surface area contributed by atoms with E-state index in [4.69, 9.17) is 26.4 Å². The SMILES string of the molecule is COCCOC(=O)CCC(=O)NC(=S)Nc1ccc(OC)cc1[N+](=O)[O-]. The molecule has 0 aliphatic rings. The van der Waals surface area contributed by atoms with Gasteiger partial charge < -0.3 is 24.8 Å². The number of hydrogen-bond donors (Lipinski definition) is 2. The van der Waals surface area contributed by atoms with Crippen LogP contribution in [0.3, 0.4) is 0 Å². The van der Waals surface area contributed by atoms with Crippen LogP contribution in [0.25, 0.3) is 0 Å². The lowest BCUT2D eigenvalue weighted by molar-refractivity contribution is -0.384. The van der Waals surface area contributed by atoms with Crippen LogP contribution in [0, 0.1) is 10.1 Å². The molecule has 0 atom stereocenters. The molecule has 0 aliphatic heterocycles. The minimum absolute atomic E-state index is 0.0973. The molecule has 11 heteroatoms. The van der Waals surface area contributed by atoms with Gasteiger partial charge in [-0.05, 0) is 24.4 Å². The van der Waals surface area contributed by atoms with Crippen LogP contribution in [0.15, 0.2) is 18.2 Å². The van der Waals surface area contributed by atoms with E-state index in [-0.39, 0.29) is 42.5 Å². The number of nitro benzene ring substituents is 1. The molecule has 0 radical (unpaired) electrons. The third kappa shape index (κ3) is 7.40. The predicted octanol–water partition coefficient (Wildman–Crippen LogP) is 1.39. The second kappa shape index (κ2) is 10.9. The average molecular weight is 385 g/mol. The topological polar surface area (TPSA) is 129 Å². The molecule has 2 N–H and O–H groups in total. The molecule has 0 saturated heterocycles. The van der Waals surface area contributed by atoms with Gasteiger partial charge in [0.05, 0.1) is 31.1 Å². The van der Waals surface area contributed by atoms with E-state index < -0.39 is 16.8 Å². The van der Waals surface area contributed by atoms with Gasteiger partial charge in [-0.1, -0.05) is 0 Å². The Morgan fingerprint density at radius 3 is 2.58 bits per heavy atom. The number of nitrogens with one attached hydrogen (secondary N) is 2. The van der Waals surface area contributed by atoms with Crippen molar-refractivity contribution in [1.29, 1.82) is 0 Å². The fourth-order valence-electron chi connectivity index (χ4n) is 1.76. The first kappa shape index (κ1) is 21.3. The molecule has 10 nitrogen and oxygen atoms in total. The number of anilines is 1. The van der Waals surface area contributed by atoms with Gasteiger partial charge >= 0.3 is 5.97 Å². The Morgan fingerprint density at radius 2 is 1.96 bits per heavy atom. The summed E-state index contributed by atoms with van der Waals surface area (Å²) in [5, 5.41) is 15.9. The molecule has 1 aromatic rings. The molecular formula is C15H19N3O7S. The van der Waals surface area contributed by atoms with Crippen LogP contribution in [-0.4, -0.2) is 49.3 Å². The lowest BCUT2D eigenvalue weighted by Gasteiger charge is -2.10. The number of carbonyl (C=O) groups excluding carboxylic acids is 2. The number of nitro groups is 1. The molecule has 0 spiro atoms. The Bertz CT molecular complexity index is 681. The normalized spacial score (nSPS) is 9.92. The third-order valence-corrected chi connectivity index (χ3v) is 3.21. The molecule has 0 bridgehead atoms. The van der Waals surface area contributed by atoms with Gasteiger partial charge in [0.2, 0.25) is 5.91 Å². The minimum atomic E-state index is -0.606. The maximum absolute atomic E-state index is 11.8. The molecule has 0 aliphatic carbocycles. The molecule has 26 heavy (non-hydrogen) atoms. The van der Waals surface area contributed by atoms with E-state index in [1.807, 2.05) is 0 Å². The van der Waals surface area contributed by atoms with Crippen molar-refractivity contribution in [2.45, 2.75) is 12.8 Å². The smallest absolute Gasteiger partial charge is 0.306 e. The summed E-state index contributed by atoms with van der Waals surface area (Å²) < 4.78 is 14.5. The van der Waals surface area contributed by atoms with Gasteiger partial charge in [0.15, 0.2) is 5.11 Å². The lowest BCUT2D eigenvalue weighted by Crippen LogP contribution is -2.34. The van der Waals surface area contributed by atoms with Gasteiger partial charge in [-0.3, -0.25) is 19.7 Å². The first-order valence-corrected chi connectivity index (χ1v) is 7.86. The highest BCUT2D eigenvalue weighted by Crippen LogP contribution is 2.28. The summed E-state index contributed by atoms with van der Waals surface area (Å²) in [5.74, 6) is -0.756. The maximum Gasteiger partial charge on any atom is 0.306 e. The summed E-state index contributed by atoms with van der Waals surface area (Å²) in [6, 6.07) is 4.14. The standard InChI is InChI=1S/C15H19N3O7S/c1-23-7-8-25-14(20)6-5-13(19)17-15(26)16-11-4-3-10(24-2)9-12(11)18(21)22/h3-4,9H,5-8H2,1-2H3,(H2,16,17,19,26). The molecule has 0 heterocycles. The van der Waals surface area contributed by atoms with Crippen molar-refractivity contribution in [1.82, 2.24) is 5.32 Å². The molecule has 1 amide bonds. The first-order valence-electron chi connectivity index (χ1n) is 7.45. The highest BCUT2D eigenvalue weighted by atomic mass is 32.1. The Balaban J connectivity index is 2.52. The number of benzene rings is 1. The second-order valence-electron chi connectivity index (χ2n) is 4.86. The zero-order valence-electron chi connectivity index (χ0n) is 14.3. The predicted molar refractivity (Wildman–Crippen MR) is 96.1 cm³/mol. The van der Waals surface area contributed by atoms with Crippen molar-refractivity contribution in [2.75, 3.05) is 32.8 Å². The summed E-state index contributed by atoms with van der Waals surface area (Å²) in [5.41, 5.74) is -0.164. The van der Waals surface area contributed by atoms with Crippen LogP contribution in [0.2, 0.25) is 0 Å². The zero-order chi connectivity index (χ0) is 19.5. The fourth-order valence-corrected chi connectivity index (χ4v) is 1.99. The molecule has 0 fully saturated rings. The van der Waals surface area contributed by atoms with E-state index in [0.29, 0.717) is 5.75 Å². The molecule has 1 rings (SSSR count). The summed E-state index contributed by atoms with van der Waals surface area (Å²) >= 11 is 4.96. The first-order chi connectivity index (χ1) is 12.4. The number of esters is 1. The molecule has 0 unspecified atom stereocenters. The number of nitrogens with zero attached hydrogens (tertiary/aromatic N) is 1. The van der Waals surface area contributed by atoms with Gasteiger partial charge in [-0.25, -0.2) is 0 Å². The van der Waals surface area contributed by atoms with Crippen molar-refractivity contribution in [2.24, 2.45) is 0 Å². The summed E-state index contributed by atoms with van der Waals surface area (Å²) in [6.45, 7) is 0.380. The average Bonchev–Trinajstić information content (AvgIpc) is 2.60. The Morgan fingerprint density at radius 1 is 1.23 bits per heavy atom. The Kier molecular flexibility index (Phi) is 8.95. The van der Waals surface area contributed by atoms with E-state index in [1.54, 1.807) is 0 Å². The molecule has 142 valence electrons. The number of carbonyl (C=O) groups is 2. The quantitative estimate of drug-likeness (QED) is 0.213. The third-order valence-electron chi connectivity index (χ3n) is 3.01. The van der Waals surface area contributed by atoms with E-state index in [9.17, 15) is 19.7 Å².